The van der Waals surface area contributed by atoms with Gasteiger partial charge < -0.3 is 9.47 Å². The van der Waals surface area contributed by atoms with Gasteiger partial charge in [0, 0.05) is 29.2 Å². The zero-order valence-corrected chi connectivity index (χ0v) is 18.0. The van der Waals surface area contributed by atoms with Crippen molar-refractivity contribution in [2.75, 3.05) is 4.90 Å². The Balaban J connectivity index is 1.72. The van der Waals surface area contributed by atoms with Gasteiger partial charge in [0.2, 0.25) is 0 Å². The summed E-state index contributed by atoms with van der Waals surface area (Å²) in [5, 5.41) is 1.68. The number of aryl methyl sites for hydroxylation is 1. The molecule has 0 bridgehead atoms. The Kier molecular flexibility index (Phi) is 6.01. The van der Waals surface area contributed by atoms with Crippen LogP contribution in [0.4, 0.5) is 5.69 Å². The Morgan fingerprint density at radius 1 is 1.13 bits per heavy atom. The molecule has 0 aliphatic rings. The molecule has 4 rings (SSSR count). The molecule has 0 radical (unpaired) electrons. The maximum atomic E-state index is 12.6. The number of carbonyl (C=O) groups is 1. The molecule has 31 heavy (non-hydrogen) atoms. The van der Waals surface area contributed by atoms with E-state index in [4.69, 9.17) is 11.6 Å². The molecule has 4 aromatic rings. The number of halogens is 1. The molecule has 0 atom stereocenters. The first kappa shape index (κ1) is 20.6. The summed E-state index contributed by atoms with van der Waals surface area (Å²) in [6.07, 6.45) is 9.19. The molecule has 2 aromatic heterocycles. The Labute approximate surface area is 186 Å². The summed E-state index contributed by atoms with van der Waals surface area (Å²) in [5.74, 6) is -0.167. The van der Waals surface area contributed by atoms with Crippen molar-refractivity contribution >= 4 is 46.4 Å². The Morgan fingerprint density at radius 2 is 1.87 bits per heavy atom. The number of amides is 1. The van der Waals surface area contributed by atoms with Gasteiger partial charge in [-0.05, 0) is 35.4 Å². The van der Waals surface area contributed by atoms with Crippen LogP contribution in [0.2, 0.25) is 5.02 Å². The van der Waals surface area contributed by atoms with Gasteiger partial charge in [-0.25, -0.2) is 4.98 Å². The van der Waals surface area contributed by atoms with Crippen molar-refractivity contribution in [3.63, 3.8) is 0 Å². The van der Waals surface area contributed by atoms with Crippen molar-refractivity contribution in [2.45, 2.75) is 6.54 Å². The molecule has 1 amide bonds. The lowest BCUT2D eigenvalue weighted by atomic mass is 10.1. The van der Waals surface area contributed by atoms with Gasteiger partial charge in [-0.1, -0.05) is 72.8 Å². The summed E-state index contributed by atoms with van der Waals surface area (Å²) in [7, 11) is 1.96. The molecular formula is C26H22ClN3O. The number of nitrogens with zero attached hydrogens (tertiary/aromatic N) is 3. The van der Waals surface area contributed by atoms with Crippen molar-refractivity contribution in [1.82, 2.24) is 9.55 Å². The molecule has 0 aliphatic heterocycles. The highest BCUT2D eigenvalue weighted by molar-refractivity contribution is 6.30. The minimum Gasteiger partial charge on any atom is -0.335 e. The van der Waals surface area contributed by atoms with Crippen LogP contribution in [0.15, 0.2) is 85.7 Å². The van der Waals surface area contributed by atoms with Crippen LogP contribution in [0.1, 0.15) is 16.7 Å². The SMILES string of the molecule is C=CC(=O)N(Cc1ccccc1)c1cnc2c(c1)c(C=Cc1ccc(Cl)cc1)cn2C. The molecule has 0 aliphatic carbocycles. The number of fused-ring (bicyclic) bond motifs is 1. The summed E-state index contributed by atoms with van der Waals surface area (Å²) in [6.45, 7) is 4.11. The van der Waals surface area contributed by atoms with Crippen molar-refractivity contribution < 1.29 is 4.79 Å². The predicted octanol–water partition coefficient (Wildman–Crippen LogP) is 6.12. The molecule has 0 unspecified atom stereocenters. The fraction of sp³-hybridized carbons (Fsp3) is 0.0769. The van der Waals surface area contributed by atoms with Crippen LogP contribution in [-0.4, -0.2) is 15.5 Å². The molecule has 0 saturated heterocycles. The molecule has 0 N–H and O–H groups in total. The van der Waals surface area contributed by atoms with E-state index in [2.05, 4.69) is 11.6 Å². The third kappa shape index (κ3) is 4.60. The van der Waals surface area contributed by atoms with Crippen LogP contribution in [-0.2, 0) is 18.4 Å². The normalized spacial score (nSPS) is 11.2. The summed E-state index contributed by atoms with van der Waals surface area (Å²) in [5.41, 5.74) is 4.69. The predicted molar refractivity (Wildman–Crippen MR) is 129 cm³/mol. The van der Waals surface area contributed by atoms with Crippen molar-refractivity contribution in [2.24, 2.45) is 7.05 Å². The summed E-state index contributed by atoms with van der Waals surface area (Å²) in [4.78, 5) is 19.0. The minimum absolute atomic E-state index is 0.167. The zero-order valence-electron chi connectivity index (χ0n) is 17.2. The van der Waals surface area contributed by atoms with E-state index < -0.39 is 0 Å². The second-order valence-corrected chi connectivity index (χ2v) is 7.70. The third-order valence-electron chi connectivity index (χ3n) is 5.09. The summed E-state index contributed by atoms with van der Waals surface area (Å²) >= 11 is 5.98. The van der Waals surface area contributed by atoms with E-state index in [-0.39, 0.29) is 5.91 Å². The number of rotatable bonds is 6. The lowest BCUT2D eigenvalue weighted by Crippen LogP contribution is -2.28. The Hall–Kier alpha value is -3.63. The van der Waals surface area contributed by atoms with Gasteiger partial charge in [0.25, 0.3) is 5.91 Å². The van der Waals surface area contributed by atoms with Crippen LogP contribution in [0.3, 0.4) is 0 Å². The van der Waals surface area contributed by atoms with E-state index in [9.17, 15) is 4.79 Å². The van der Waals surface area contributed by atoms with Gasteiger partial charge in [-0.2, -0.15) is 0 Å². The third-order valence-corrected chi connectivity index (χ3v) is 5.34. The van der Waals surface area contributed by atoms with Gasteiger partial charge in [-0.3, -0.25) is 4.79 Å². The number of benzene rings is 2. The highest BCUT2D eigenvalue weighted by Crippen LogP contribution is 2.27. The zero-order chi connectivity index (χ0) is 21.8. The van der Waals surface area contributed by atoms with Crippen LogP contribution >= 0.6 is 11.6 Å². The number of carbonyl (C=O) groups excluding carboxylic acids is 1. The molecule has 4 nitrogen and oxygen atoms in total. The topological polar surface area (TPSA) is 38.1 Å². The largest absolute Gasteiger partial charge is 0.335 e. The highest BCUT2D eigenvalue weighted by atomic mass is 35.5. The monoisotopic (exact) mass is 427 g/mol. The molecule has 0 spiro atoms. The smallest absolute Gasteiger partial charge is 0.250 e. The van der Waals surface area contributed by atoms with Crippen molar-refractivity contribution in [3.8, 4) is 0 Å². The van der Waals surface area contributed by atoms with Gasteiger partial charge in [0.05, 0.1) is 18.4 Å². The molecule has 2 heterocycles. The molecule has 5 heteroatoms. The number of anilines is 1. The highest BCUT2D eigenvalue weighted by Gasteiger charge is 2.16. The average molecular weight is 428 g/mol. The first-order valence-corrected chi connectivity index (χ1v) is 10.3. The fourth-order valence-electron chi connectivity index (χ4n) is 3.49. The van der Waals surface area contributed by atoms with Gasteiger partial charge in [0.1, 0.15) is 5.65 Å². The van der Waals surface area contributed by atoms with Gasteiger partial charge in [-0.15, -0.1) is 0 Å². The molecular weight excluding hydrogens is 406 g/mol. The first-order valence-electron chi connectivity index (χ1n) is 9.92. The number of pyridine rings is 1. The minimum atomic E-state index is -0.167. The first-order chi connectivity index (χ1) is 15.0. The van der Waals surface area contributed by atoms with Crippen LogP contribution in [0, 0.1) is 0 Å². The summed E-state index contributed by atoms with van der Waals surface area (Å²) < 4.78 is 1.98. The van der Waals surface area contributed by atoms with Crippen LogP contribution in [0.5, 0.6) is 0 Å². The second kappa shape index (κ2) is 9.02. The maximum absolute atomic E-state index is 12.6. The lowest BCUT2D eigenvalue weighted by Gasteiger charge is -2.21. The Morgan fingerprint density at radius 3 is 2.58 bits per heavy atom. The number of aromatic nitrogens is 2. The molecule has 0 saturated carbocycles. The lowest BCUT2D eigenvalue weighted by molar-refractivity contribution is -0.114. The second-order valence-electron chi connectivity index (χ2n) is 7.26. The average Bonchev–Trinajstić information content (AvgIpc) is 3.12. The van der Waals surface area contributed by atoms with Crippen molar-refractivity contribution in [1.29, 1.82) is 0 Å². The Bertz CT molecular complexity index is 1260. The van der Waals surface area contributed by atoms with Crippen molar-refractivity contribution in [3.05, 3.63) is 107 Å². The van der Waals surface area contributed by atoms with Crippen LogP contribution < -0.4 is 4.90 Å². The van der Waals surface area contributed by atoms with E-state index in [1.807, 2.05) is 90.6 Å². The van der Waals surface area contributed by atoms with E-state index in [0.29, 0.717) is 11.6 Å². The molecule has 154 valence electrons. The van der Waals surface area contributed by atoms with Gasteiger partial charge in [0.15, 0.2) is 0 Å². The maximum Gasteiger partial charge on any atom is 0.250 e. The molecule has 2 aromatic carbocycles. The van der Waals surface area contributed by atoms with E-state index >= 15 is 0 Å². The quantitative estimate of drug-likeness (QED) is 0.348. The number of hydrogen-bond donors (Lipinski definition) is 0. The van der Waals surface area contributed by atoms with E-state index in [1.165, 1.54) is 6.08 Å². The number of hydrogen-bond acceptors (Lipinski definition) is 2. The van der Waals surface area contributed by atoms with Gasteiger partial charge >= 0.3 is 0 Å². The standard InChI is InChI=1S/C26H22ClN3O/c1-3-25(31)30(17-20-7-5-4-6-8-20)23-15-24-21(18-29(2)26(24)28-16-23)12-9-19-10-13-22(27)14-11-19/h3-16,18H,1,17H2,2H3. The molecule has 0 fully saturated rings. The summed E-state index contributed by atoms with van der Waals surface area (Å²) in [6, 6.07) is 19.6. The van der Waals surface area contributed by atoms with E-state index in [0.717, 1.165) is 33.4 Å². The van der Waals surface area contributed by atoms with E-state index in [1.54, 1.807) is 11.1 Å². The van der Waals surface area contributed by atoms with Crippen LogP contribution in [0.25, 0.3) is 23.2 Å². The fourth-order valence-corrected chi connectivity index (χ4v) is 3.62.